The average molecular weight is 325 g/mol. The third-order valence-electron chi connectivity index (χ3n) is 3.70. The molecule has 1 aromatic rings. The number of carbonyl (C=O) groups is 1. The first kappa shape index (κ1) is 16.5. The normalized spacial score (nSPS) is 15.0. The van der Waals surface area contributed by atoms with Crippen LogP contribution in [-0.4, -0.2) is 20.3 Å². The molecule has 22 heavy (non-hydrogen) atoms. The summed E-state index contributed by atoms with van der Waals surface area (Å²) in [5.41, 5.74) is 0.496. The fourth-order valence-electron chi connectivity index (χ4n) is 2.53. The Hall–Kier alpha value is -1.88. The highest BCUT2D eigenvalue weighted by Crippen LogP contribution is 2.35. The Morgan fingerprint density at radius 1 is 1.23 bits per heavy atom. The van der Waals surface area contributed by atoms with E-state index in [9.17, 15) is 4.79 Å². The van der Waals surface area contributed by atoms with Gasteiger partial charge in [-0.3, -0.25) is 0 Å². The van der Waals surface area contributed by atoms with Gasteiger partial charge in [-0.1, -0.05) is 30.5 Å². The molecule has 1 aliphatic carbocycles. The van der Waals surface area contributed by atoms with E-state index in [1.807, 2.05) is 6.08 Å². The second-order valence-corrected chi connectivity index (χ2v) is 5.60. The second kappa shape index (κ2) is 7.94. The number of methoxy groups -OCH3 is 2. The SMILES string of the molecule is COc1cc(NC(=O)N/C=C/C2CCCC2)c(OC)cc1Cl. The van der Waals surface area contributed by atoms with Gasteiger partial charge in [0.05, 0.1) is 24.9 Å². The zero-order valence-corrected chi connectivity index (χ0v) is 13.6. The van der Waals surface area contributed by atoms with Crippen LogP contribution < -0.4 is 20.1 Å². The average Bonchev–Trinajstić information content (AvgIpc) is 3.01. The van der Waals surface area contributed by atoms with E-state index in [0.29, 0.717) is 28.1 Å². The van der Waals surface area contributed by atoms with Gasteiger partial charge < -0.3 is 20.1 Å². The molecule has 0 spiro atoms. The second-order valence-electron chi connectivity index (χ2n) is 5.19. The molecule has 0 heterocycles. The van der Waals surface area contributed by atoms with Gasteiger partial charge in [0.1, 0.15) is 11.5 Å². The summed E-state index contributed by atoms with van der Waals surface area (Å²) >= 11 is 6.03. The summed E-state index contributed by atoms with van der Waals surface area (Å²) in [6.07, 6.45) is 8.67. The Bertz CT molecular complexity index is 555. The first-order chi connectivity index (χ1) is 10.6. The number of nitrogens with one attached hydrogen (secondary N) is 2. The Balaban J connectivity index is 1.98. The number of carbonyl (C=O) groups excluding carboxylic acids is 1. The molecule has 120 valence electrons. The molecule has 1 fully saturated rings. The van der Waals surface area contributed by atoms with Crippen molar-refractivity contribution in [2.45, 2.75) is 25.7 Å². The molecule has 0 unspecified atom stereocenters. The summed E-state index contributed by atoms with van der Waals surface area (Å²) in [6.45, 7) is 0. The monoisotopic (exact) mass is 324 g/mol. The molecule has 1 saturated carbocycles. The number of halogens is 1. The highest BCUT2D eigenvalue weighted by atomic mass is 35.5. The van der Waals surface area contributed by atoms with Gasteiger partial charge in [0, 0.05) is 18.3 Å². The van der Waals surface area contributed by atoms with Gasteiger partial charge in [-0.15, -0.1) is 0 Å². The molecule has 0 saturated heterocycles. The van der Waals surface area contributed by atoms with E-state index in [4.69, 9.17) is 21.1 Å². The molecule has 2 rings (SSSR count). The van der Waals surface area contributed by atoms with Crippen molar-refractivity contribution in [3.05, 3.63) is 29.4 Å². The molecule has 0 bridgehead atoms. The van der Waals surface area contributed by atoms with Crippen molar-refractivity contribution in [1.29, 1.82) is 0 Å². The van der Waals surface area contributed by atoms with Crippen molar-refractivity contribution in [1.82, 2.24) is 5.32 Å². The number of ether oxygens (including phenoxy) is 2. The van der Waals surface area contributed by atoms with E-state index in [1.165, 1.54) is 39.9 Å². The lowest BCUT2D eigenvalue weighted by Gasteiger charge is -2.13. The highest BCUT2D eigenvalue weighted by Gasteiger charge is 2.13. The Labute approximate surface area is 135 Å². The minimum absolute atomic E-state index is 0.336. The van der Waals surface area contributed by atoms with Crippen molar-refractivity contribution in [2.75, 3.05) is 19.5 Å². The number of hydrogen-bond donors (Lipinski definition) is 2. The van der Waals surface area contributed by atoms with Crippen LogP contribution in [0.25, 0.3) is 0 Å². The lowest BCUT2D eigenvalue weighted by Crippen LogP contribution is -2.24. The first-order valence-corrected chi connectivity index (χ1v) is 7.67. The van der Waals surface area contributed by atoms with Crippen LogP contribution in [0.5, 0.6) is 11.5 Å². The summed E-state index contributed by atoms with van der Waals surface area (Å²) in [5.74, 6) is 1.52. The number of hydrogen-bond acceptors (Lipinski definition) is 3. The molecule has 2 amide bonds. The standard InChI is InChI=1S/C16H21ClN2O3/c1-21-14-10-13(15(22-2)9-12(14)17)19-16(20)18-8-7-11-5-3-4-6-11/h7-11H,3-6H2,1-2H3,(H2,18,19,20)/b8-7+. The number of anilines is 1. The fraction of sp³-hybridized carbons (Fsp3) is 0.438. The summed E-state index contributed by atoms with van der Waals surface area (Å²) in [5, 5.41) is 5.85. The van der Waals surface area contributed by atoms with Gasteiger partial charge in [-0.25, -0.2) is 4.79 Å². The van der Waals surface area contributed by atoms with E-state index < -0.39 is 0 Å². The molecule has 1 aliphatic rings. The van der Waals surface area contributed by atoms with E-state index in [-0.39, 0.29) is 6.03 Å². The first-order valence-electron chi connectivity index (χ1n) is 7.29. The largest absolute Gasteiger partial charge is 0.495 e. The number of benzene rings is 1. The molecule has 6 heteroatoms. The van der Waals surface area contributed by atoms with Crippen LogP contribution in [0.15, 0.2) is 24.4 Å². The van der Waals surface area contributed by atoms with Crippen LogP contribution >= 0.6 is 11.6 Å². The van der Waals surface area contributed by atoms with Gasteiger partial charge in [-0.2, -0.15) is 0 Å². The number of amides is 2. The molecule has 0 aromatic heterocycles. The van der Waals surface area contributed by atoms with Gasteiger partial charge in [0.2, 0.25) is 0 Å². The van der Waals surface area contributed by atoms with Crippen LogP contribution in [0.2, 0.25) is 5.02 Å². The maximum atomic E-state index is 11.9. The summed E-state index contributed by atoms with van der Waals surface area (Å²) in [6, 6.07) is 2.89. The third kappa shape index (κ3) is 4.31. The fourth-order valence-corrected chi connectivity index (χ4v) is 2.76. The van der Waals surface area contributed by atoms with Crippen LogP contribution in [-0.2, 0) is 0 Å². The minimum atomic E-state index is -0.336. The molecule has 0 atom stereocenters. The van der Waals surface area contributed by atoms with Crippen molar-refractivity contribution in [3.63, 3.8) is 0 Å². The van der Waals surface area contributed by atoms with Gasteiger partial charge >= 0.3 is 6.03 Å². The Morgan fingerprint density at radius 3 is 2.55 bits per heavy atom. The van der Waals surface area contributed by atoms with E-state index in [2.05, 4.69) is 10.6 Å². The molecular formula is C16H21ClN2O3. The third-order valence-corrected chi connectivity index (χ3v) is 4.00. The molecule has 2 N–H and O–H groups in total. The lowest BCUT2D eigenvalue weighted by molar-refractivity contribution is 0.255. The van der Waals surface area contributed by atoms with Gasteiger partial charge in [-0.05, 0) is 18.8 Å². The lowest BCUT2D eigenvalue weighted by atomic mass is 10.1. The van der Waals surface area contributed by atoms with E-state index in [1.54, 1.807) is 18.3 Å². The van der Waals surface area contributed by atoms with E-state index >= 15 is 0 Å². The van der Waals surface area contributed by atoms with Crippen LogP contribution in [0.1, 0.15) is 25.7 Å². The van der Waals surface area contributed by atoms with Gasteiger partial charge in [0.15, 0.2) is 0 Å². The van der Waals surface area contributed by atoms with Crippen molar-refractivity contribution < 1.29 is 14.3 Å². The highest BCUT2D eigenvalue weighted by molar-refractivity contribution is 6.32. The molecule has 0 aliphatic heterocycles. The quantitative estimate of drug-likeness (QED) is 0.854. The zero-order chi connectivity index (χ0) is 15.9. The molecule has 5 nitrogen and oxygen atoms in total. The number of allylic oxidation sites excluding steroid dienone is 1. The Morgan fingerprint density at radius 2 is 1.91 bits per heavy atom. The van der Waals surface area contributed by atoms with Crippen LogP contribution in [0, 0.1) is 5.92 Å². The molecular weight excluding hydrogens is 304 g/mol. The minimum Gasteiger partial charge on any atom is -0.495 e. The summed E-state index contributed by atoms with van der Waals surface area (Å²) in [4.78, 5) is 11.9. The van der Waals surface area contributed by atoms with Crippen molar-refractivity contribution >= 4 is 23.3 Å². The predicted octanol–water partition coefficient (Wildman–Crippen LogP) is 4.18. The van der Waals surface area contributed by atoms with Crippen LogP contribution in [0.4, 0.5) is 10.5 Å². The molecule has 1 aromatic carbocycles. The van der Waals surface area contributed by atoms with Crippen molar-refractivity contribution in [2.24, 2.45) is 5.92 Å². The zero-order valence-electron chi connectivity index (χ0n) is 12.8. The summed E-state index contributed by atoms with van der Waals surface area (Å²) in [7, 11) is 3.03. The topological polar surface area (TPSA) is 59.6 Å². The number of rotatable bonds is 5. The van der Waals surface area contributed by atoms with Crippen molar-refractivity contribution in [3.8, 4) is 11.5 Å². The maximum absolute atomic E-state index is 11.9. The smallest absolute Gasteiger partial charge is 0.323 e. The summed E-state index contributed by atoms with van der Waals surface area (Å²) < 4.78 is 10.4. The number of urea groups is 1. The maximum Gasteiger partial charge on any atom is 0.323 e. The van der Waals surface area contributed by atoms with Crippen LogP contribution in [0.3, 0.4) is 0 Å². The van der Waals surface area contributed by atoms with Gasteiger partial charge in [0.25, 0.3) is 0 Å². The Kier molecular flexibility index (Phi) is 5.95. The molecule has 0 radical (unpaired) electrons. The predicted molar refractivity (Wildman–Crippen MR) is 87.8 cm³/mol. The van der Waals surface area contributed by atoms with E-state index in [0.717, 1.165) is 0 Å².